The number of carbonyl (C=O) groups is 2. The number of halogens is 1. The normalized spacial score (nSPS) is 15.2. The number of hydrogen-bond donors (Lipinski definition) is 3. The third kappa shape index (κ3) is 3.38. The SMILES string of the molecule is O=C(Nc1c(Cl)cccc1C(=O)O)NC1CCCC1. The van der Waals surface area contributed by atoms with Gasteiger partial charge in [-0.15, -0.1) is 0 Å². The van der Waals surface area contributed by atoms with E-state index in [0.29, 0.717) is 0 Å². The van der Waals surface area contributed by atoms with Crippen LogP contribution in [0, 0.1) is 0 Å². The maximum Gasteiger partial charge on any atom is 0.337 e. The second-order valence-electron chi connectivity index (χ2n) is 4.55. The van der Waals surface area contributed by atoms with Gasteiger partial charge in [-0.25, -0.2) is 9.59 Å². The zero-order chi connectivity index (χ0) is 13.8. The Bertz CT molecular complexity index is 499. The van der Waals surface area contributed by atoms with Crippen molar-refractivity contribution in [1.82, 2.24) is 5.32 Å². The van der Waals surface area contributed by atoms with Crippen LogP contribution in [0.5, 0.6) is 0 Å². The molecule has 0 spiro atoms. The maximum atomic E-state index is 11.8. The van der Waals surface area contributed by atoms with E-state index < -0.39 is 12.0 Å². The molecule has 6 heteroatoms. The van der Waals surface area contributed by atoms with Crippen molar-refractivity contribution in [2.45, 2.75) is 31.7 Å². The minimum atomic E-state index is -1.13. The highest BCUT2D eigenvalue weighted by atomic mass is 35.5. The Morgan fingerprint density at radius 2 is 1.95 bits per heavy atom. The summed E-state index contributed by atoms with van der Waals surface area (Å²) in [6.45, 7) is 0. The Hall–Kier alpha value is -1.75. The molecule has 0 heterocycles. The summed E-state index contributed by atoms with van der Waals surface area (Å²) < 4.78 is 0. The molecular weight excluding hydrogens is 268 g/mol. The lowest BCUT2D eigenvalue weighted by Gasteiger charge is -2.15. The summed E-state index contributed by atoms with van der Waals surface area (Å²) in [5.41, 5.74) is 0.112. The average molecular weight is 283 g/mol. The Kier molecular flexibility index (Phi) is 4.27. The Labute approximate surface area is 116 Å². The van der Waals surface area contributed by atoms with Crippen molar-refractivity contribution in [2.75, 3.05) is 5.32 Å². The topological polar surface area (TPSA) is 78.4 Å². The molecule has 1 fully saturated rings. The second kappa shape index (κ2) is 5.93. The van der Waals surface area contributed by atoms with Gasteiger partial charge in [-0.05, 0) is 25.0 Å². The molecule has 19 heavy (non-hydrogen) atoms. The molecule has 1 aliphatic carbocycles. The molecule has 1 aliphatic rings. The molecule has 102 valence electrons. The van der Waals surface area contributed by atoms with Crippen LogP contribution in [0.4, 0.5) is 10.5 Å². The average Bonchev–Trinajstić information content (AvgIpc) is 2.84. The van der Waals surface area contributed by atoms with E-state index in [9.17, 15) is 9.59 Å². The predicted molar refractivity (Wildman–Crippen MR) is 72.8 cm³/mol. The number of rotatable bonds is 3. The number of hydrogen-bond acceptors (Lipinski definition) is 2. The zero-order valence-electron chi connectivity index (χ0n) is 10.3. The summed E-state index contributed by atoms with van der Waals surface area (Å²) in [7, 11) is 0. The van der Waals surface area contributed by atoms with Gasteiger partial charge in [0, 0.05) is 6.04 Å². The van der Waals surface area contributed by atoms with E-state index in [1.807, 2.05) is 0 Å². The fourth-order valence-electron chi connectivity index (χ4n) is 2.23. The van der Waals surface area contributed by atoms with E-state index in [0.717, 1.165) is 25.7 Å². The van der Waals surface area contributed by atoms with Gasteiger partial charge in [0.05, 0.1) is 16.3 Å². The van der Waals surface area contributed by atoms with E-state index in [-0.39, 0.29) is 22.3 Å². The van der Waals surface area contributed by atoms with Crippen LogP contribution in [0.15, 0.2) is 18.2 Å². The number of urea groups is 1. The van der Waals surface area contributed by atoms with Crippen LogP contribution >= 0.6 is 11.6 Å². The quantitative estimate of drug-likeness (QED) is 0.797. The van der Waals surface area contributed by atoms with Gasteiger partial charge in [-0.1, -0.05) is 30.5 Å². The summed E-state index contributed by atoms with van der Waals surface area (Å²) in [5.74, 6) is -1.13. The number of aromatic carboxylic acids is 1. The third-order valence-corrected chi connectivity index (χ3v) is 3.49. The highest BCUT2D eigenvalue weighted by molar-refractivity contribution is 6.34. The third-order valence-electron chi connectivity index (χ3n) is 3.17. The van der Waals surface area contributed by atoms with Crippen LogP contribution in [0.25, 0.3) is 0 Å². The summed E-state index contributed by atoms with van der Waals surface area (Å²) in [6.07, 6.45) is 4.14. The molecule has 0 aromatic heterocycles. The fraction of sp³-hybridized carbons (Fsp3) is 0.385. The smallest absolute Gasteiger partial charge is 0.337 e. The van der Waals surface area contributed by atoms with Crippen molar-refractivity contribution in [3.8, 4) is 0 Å². The summed E-state index contributed by atoms with van der Waals surface area (Å²) in [4.78, 5) is 22.9. The molecule has 0 bridgehead atoms. The van der Waals surface area contributed by atoms with Gasteiger partial charge in [-0.3, -0.25) is 0 Å². The lowest BCUT2D eigenvalue weighted by molar-refractivity contribution is 0.0698. The molecule has 2 amide bonds. The van der Waals surface area contributed by atoms with Gasteiger partial charge in [0.1, 0.15) is 0 Å². The molecule has 0 unspecified atom stereocenters. The number of carboxylic acid groups (broad SMARTS) is 1. The summed E-state index contributed by atoms with van der Waals surface area (Å²) >= 11 is 5.93. The number of benzene rings is 1. The second-order valence-corrected chi connectivity index (χ2v) is 4.95. The van der Waals surface area contributed by atoms with Crippen molar-refractivity contribution in [2.24, 2.45) is 0 Å². The van der Waals surface area contributed by atoms with Gasteiger partial charge in [0.2, 0.25) is 0 Å². The zero-order valence-corrected chi connectivity index (χ0v) is 11.0. The molecule has 1 saturated carbocycles. The van der Waals surface area contributed by atoms with Crippen LogP contribution in [0.2, 0.25) is 5.02 Å². The van der Waals surface area contributed by atoms with Gasteiger partial charge < -0.3 is 15.7 Å². The molecule has 5 nitrogen and oxygen atoms in total. The van der Waals surface area contributed by atoms with Crippen LogP contribution in [-0.4, -0.2) is 23.1 Å². The number of para-hydroxylation sites is 1. The van der Waals surface area contributed by atoms with Crippen LogP contribution in [-0.2, 0) is 0 Å². The molecule has 3 N–H and O–H groups in total. The molecule has 1 aromatic rings. The highest BCUT2D eigenvalue weighted by Crippen LogP contribution is 2.26. The first-order chi connectivity index (χ1) is 9.08. The van der Waals surface area contributed by atoms with Crippen LogP contribution in [0.1, 0.15) is 36.0 Å². The van der Waals surface area contributed by atoms with E-state index in [1.54, 1.807) is 6.07 Å². The monoisotopic (exact) mass is 282 g/mol. The number of carboxylic acids is 1. The molecule has 2 rings (SSSR count). The summed E-state index contributed by atoms with van der Waals surface area (Å²) in [6, 6.07) is 4.22. The fourth-order valence-corrected chi connectivity index (χ4v) is 2.46. The lowest BCUT2D eigenvalue weighted by atomic mass is 10.2. The van der Waals surface area contributed by atoms with E-state index in [2.05, 4.69) is 10.6 Å². The molecule has 1 aromatic carbocycles. The molecule has 0 atom stereocenters. The van der Waals surface area contributed by atoms with Crippen LogP contribution < -0.4 is 10.6 Å². The first kappa shape index (κ1) is 13.7. The highest BCUT2D eigenvalue weighted by Gasteiger charge is 2.19. The van der Waals surface area contributed by atoms with Gasteiger partial charge in [-0.2, -0.15) is 0 Å². The first-order valence-corrected chi connectivity index (χ1v) is 6.55. The van der Waals surface area contributed by atoms with Crippen LogP contribution in [0.3, 0.4) is 0 Å². The van der Waals surface area contributed by atoms with Crippen molar-refractivity contribution in [3.05, 3.63) is 28.8 Å². The Morgan fingerprint density at radius 1 is 1.26 bits per heavy atom. The van der Waals surface area contributed by atoms with E-state index in [4.69, 9.17) is 16.7 Å². The van der Waals surface area contributed by atoms with Crippen molar-refractivity contribution >= 4 is 29.3 Å². The minimum absolute atomic E-state index is 0.0194. The van der Waals surface area contributed by atoms with E-state index in [1.165, 1.54) is 12.1 Å². The Balaban J connectivity index is 2.09. The number of carbonyl (C=O) groups excluding carboxylic acids is 1. The molecular formula is C13H15ClN2O3. The van der Waals surface area contributed by atoms with Crippen molar-refractivity contribution in [1.29, 1.82) is 0 Å². The van der Waals surface area contributed by atoms with Gasteiger partial charge >= 0.3 is 12.0 Å². The molecule has 0 aliphatic heterocycles. The van der Waals surface area contributed by atoms with E-state index >= 15 is 0 Å². The maximum absolute atomic E-state index is 11.8. The number of anilines is 1. The minimum Gasteiger partial charge on any atom is -0.478 e. The number of nitrogens with one attached hydrogen (secondary N) is 2. The van der Waals surface area contributed by atoms with Gasteiger partial charge in [0.15, 0.2) is 0 Å². The van der Waals surface area contributed by atoms with Gasteiger partial charge in [0.25, 0.3) is 0 Å². The predicted octanol–water partition coefficient (Wildman–Crippen LogP) is 3.10. The first-order valence-electron chi connectivity index (χ1n) is 6.17. The van der Waals surface area contributed by atoms with Crippen molar-refractivity contribution < 1.29 is 14.7 Å². The Morgan fingerprint density at radius 3 is 2.58 bits per heavy atom. The molecule has 0 radical (unpaired) electrons. The number of amides is 2. The summed E-state index contributed by atoms with van der Waals surface area (Å²) in [5, 5.41) is 14.6. The van der Waals surface area contributed by atoms with Crippen molar-refractivity contribution in [3.63, 3.8) is 0 Å². The largest absolute Gasteiger partial charge is 0.478 e. The standard InChI is InChI=1S/C13H15ClN2O3/c14-10-7-3-6-9(12(17)18)11(10)16-13(19)15-8-4-1-2-5-8/h3,6-8H,1-2,4-5H2,(H,17,18)(H2,15,16,19). The lowest BCUT2D eigenvalue weighted by Crippen LogP contribution is -2.36. The molecule has 0 saturated heterocycles.